The van der Waals surface area contributed by atoms with Crippen LogP contribution in [0, 0.1) is 5.82 Å². The Morgan fingerprint density at radius 3 is 2.75 bits per heavy atom. The smallest absolute Gasteiger partial charge is 0.278 e. The second-order valence-corrected chi connectivity index (χ2v) is 6.33. The van der Waals surface area contributed by atoms with Crippen LogP contribution in [-0.4, -0.2) is 13.4 Å². The monoisotopic (exact) mass is 292 g/mol. The molecule has 0 spiro atoms. The van der Waals surface area contributed by atoms with Gasteiger partial charge in [0, 0.05) is 11.9 Å². The SMILES string of the molecule is O=S(=O)(Nc1ccc2c(c1)CCC2)c1ncccc1F. The van der Waals surface area contributed by atoms with Gasteiger partial charge in [-0.1, -0.05) is 6.07 Å². The summed E-state index contributed by atoms with van der Waals surface area (Å²) in [5.41, 5.74) is 2.83. The molecule has 0 amide bonds. The topological polar surface area (TPSA) is 59.1 Å². The molecular formula is C14H13FN2O2S. The molecule has 0 aliphatic heterocycles. The zero-order valence-electron chi connectivity index (χ0n) is 10.6. The molecule has 0 saturated heterocycles. The van der Waals surface area contributed by atoms with Gasteiger partial charge >= 0.3 is 0 Å². The summed E-state index contributed by atoms with van der Waals surface area (Å²) in [5, 5.41) is -0.583. The van der Waals surface area contributed by atoms with Gasteiger partial charge in [0.2, 0.25) is 5.03 Å². The van der Waals surface area contributed by atoms with Crippen LogP contribution in [0.2, 0.25) is 0 Å². The molecule has 0 saturated carbocycles. The predicted octanol–water partition coefficient (Wildman–Crippen LogP) is 2.51. The first-order chi connectivity index (χ1) is 9.56. The molecule has 4 nitrogen and oxygen atoms in total. The van der Waals surface area contributed by atoms with E-state index in [1.807, 2.05) is 6.07 Å². The summed E-state index contributed by atoms with van der Waals surface area (Å²) in [6.07, 6.45) is 4.31. The van der Waals surface area contributed by atoms with E-state index in [-0.39, 0.29) is 0 Å². The number of rotatable bonds is 3. The molecule has 2 aromatic rings. The first-order valence-corrected chi connectivity index (χ1v) is 7.80. The van der Waals surface area contributed by atoms with Gasteiger partial charge in [0.15, 0.2) is 5.82 Å². The number of pyridine rings is 1. The van der Waals surface area contributed by atoms with E-state index in [4.69, 9.17) is 0 Å². The second kappa shape index (κ2) is 4.86. The molecule has 0 fully saturated rings. The van der Waals surface area contributed by atoms with Gasteiger partial charge in [0.1, 0.15) is 0 Å². The number of aromatic nitrogens is 1. The average Bonchev–Trinajstić information content (AvgIpc) is 2.86. The maximum absolute atomic E-state index is 13.5. The van der Waals surface area contributed by atoms with Gasteiger partial charge in [-0.15, -0.1) is 0 Å². The maximum atomic E-state index is 13.5. The number of hydrogen-bond donors (Lipinski definition) is 1. The zero-order valence-corrected chi connectivity index (χ0v) is 11.5. The van der Waals surface area contributed by atoms with Crippen LogP contribution in [0.4, 0.5) is 10.1 Å². The molecular weight excluding hydrogens is 279 g/mol. The van der Waals surface area contributed by atoms with Crippen molar-refractivity contribution in [3.8, 4) is 0 Å². The Kier molecular flexibility index (Phi) is 3.17. The highest BCUT2D eigenvalue weighted by Crippen LogP contribution is 2.26. The van der Waals surface area contributed by atoms with Crippen molar-refractivity contribution in [3.63, 3.8) is 0 Å². The van der Waals surface area contributed by atoms with Gasteiger partial charge in [0.05, 0.1) is 0 Å². The minimum absolute atomic E-state index is 0.440. The zero-order chi connectivity index (χ0) is 14.2. The molecule has 0 bridgehead atoms. The number of nitrogens with zero attached hydrogens (tertiary/aromatic N) is 1. The molecule has 6 heteroatoms. The Morgan fingerprint density at radius 2 is 1.95 bits per heavy atom. The number of benzene rings is 1. The standard InChI is InChI=1S/C14H13FN2O2S/c15-13-5-2-8-16-14(13)20(18,19)17-12-7-6-10-3-1-4-11(10)9-12/h2,5-9,17H,1,3-4H2. The van der Waals surface area contributed by atoms with Crippen LogP contribution in [-0.2, 0) is 22.9 Å². The van der Waals surface area contributed by atoms with Crippen molar-refractivity contribution in [2.45, 2.75) is 24.3 Å². The Hall–Kier alpha value is -1.95. The molecule has 1 heterocycles. The number of anilines is 1. The third kappa shape index (κ3) is 2.38. The second-order valence-electron chi connectivity index (χ2n) is 4.73. The number of aryl methyl sites for hydroxylation is 2. The van der Waals surface area contributed by atoms with Gasteiger partial charge in [-0.25, -0.2) is 9.37 Å². The first-order valence-electron chi connectivity index (χ1n) is 6.31. The van der Waals surface area contributed by atoms with E-state index >= 15 is 0 Å². The van der Waals surface area contributed by atoms with E-state index in [1.54, 1.807) is 12.1 Å². The van der Waals surface area contributed by atoms with Crippen molar-refractivity contribution in [3.05, 3.63) is 53.5 Å². The summed E-state index contributed by atoms with van der Waals surface area (Å²) in [4.78, 5) is 3.59. The van der Waals surface area contributed by atoms with E-state index in [0.29, 0.717) is 5.69 Å². The minimum atomic E-state index is -4.00. The summed E-state index contributed by atoms with van der Waals surface area (Å²) in [5.74, 6) is -0.860. The van der Waals surface area contributed by atoms with Crippen molar-refractivity contribution in [1.29, 1.82) is 0 Å². The number of halogens is 1. The number of hydrogen-bond acceptors (Lipinski definition) is 3. The minimum Gasteiger partial charge on any atom is -0.278 e. The van der Waals surface area contributed by atoms with Crippen molar-refractivity contribution in [1.82, 2.24) is 4.98 Å². The number of nitrogens with one attached hydrogen (secondary N) is 1. The first kappa shape index (κ1) is 13.1. The van der Waals surface area contributed by atoms with Crippen molar-refractivity contribution in [2.75, 3.05) is 4.72 Å². The molecule has 3 rings (SSSR count). The fourth-order valence-corrected chi connectivity index (χ4v) is 3.47. The summed E-state index contributed by atoms with van der Waals surface area (Å²) in [7, 11) is -4.00. The average molecular weight is 292 g/mol. The van der Waals surface area contributed by atoms with E-state index in [0.717, 1.165) is 30.9 Å². The van der Waals surface area contributed by atoms with Crippen molar-refractivity contribution in [2.24, 2.45) is 0 Å². The number of sulfonamides is 1. The Labute approximate surface area is 116 Å². The molecule has 1 N–H and O–H groups in total. The molecule has 1 aromatic carbocycles. The molecule has 1 aliphatic carbocycles. The van der Waals surface area contributed by atoms with Gasteiger partial charge in [-0.3, -0.25) is 4.72 Å². The lowest BCUT2D eigenvalue weighted by molar-refractivity contribution is 0.557. The lowest BCUT2D eigenvalue weighted by Crippen LogP contribution is -2.16. The fraction of sp³-hybridized carbons (Fsp3) is 0.214. The van der Waals surface area contributed by atoms with Crippen LogP contribution < -0.4 is 4.72 Å². The van der Waals surface area contributed by atoms with E-state index in [1.165, 1.54) is 17.8 Å². The van der Waals surface area contributed by atoms with E-state index in [9.17, 15) is 12.8 Å². The highest BCUT2D eigenvalue weighted by atomic mass is 32.2. The van der Waals surface area contributed by atoms with Gasteiger partial charge in [-0.2, -0.15) is 8.42 Å². The molecule has 1 aliphatic rings. The molecule has 1 aromatic heterocycles. The lowest BCUT2D eigenvalue weighted by Gasteiger charge is -2.09. The van der Waals surface area contributed by atoms with Crippen LogP contribution in [0.15, 0.2) is 41.6 Å². The maximum Gasteiger partial charge on any atom is 0.282 e. The highest BCUT2D eigenvalue weighted by molar-refractivity contribution is 7.92. The quantitative estimate of drug-likeness (QED) is 0.945. The normalized spacial score (nSPS) is 14.1. The van der Waals surface area contributed by atoms with Gasteiger partial charge in [0.25, 0.3) is 10.0 Å². The predicted molar refractivity (Wildman–Crippen MR) is 73.5 cm³/mol. The summed E-state index contributed by atoms with van der Waals surface area (Å²) >= 11 is 0. The fourth-order valence-electron chi connectivity index (χ4n) is 2.41. The molecule has 0 atom stereocenters. The molecule has 20 heavy (non-hydrogen) atoms. The molecule has 104 valence electrons. The third-order valence-electron chi connectivity index (χ3n) is 3.33. The summed E-state index contributed by atoms with van der Waals surface area (Å²) < 4.78 is 40.1. The van der Waals surface area contributed by atoms with E-state index < -0.39 is 20.9 Å². The van der Waals surface area contributed by atoms with Crippen molar-refractivity contribution < 1.29 is 12.8 Å². The van der Waals surface area contributed by atoms with Gasteiger partial charge in [-0.05, 0) is 54.7 Å². The third-order valence-corrected chi connectivity index (χ3v) is 4.64. The van der Waals surface area contributed by atoms with Crippen LogP contribution in [0.1, 0.15) is 17.5 Å². The van der Waals surface area contributed by atoms with Crippen LogP contribution in [0.3, 0.4) is 0 Å². The Bertz CT molecular complexity index is 760. The Morgan fingerprint density at radius 1 is 1.15 bits per heavy atom. The summed E-state index contributed by atoms with van der Waals surface area (Å²) in [6, 6.07) is 7.84. The summed E-state index contributed by atoms with van der Waals surface area (Å²) in [6.45, 7) is 0. The Balaban J connectivity index is 1.93. The largest absolute Gasteiger partial charge is 0.282 e. The molecule has 0 radical (unpaired) electrons. The van der Waals surface area contributed by atoms with Gasteiger partial charge < -0.3 is 0 Å². The van der Waals surface area contributed by atoms with E-state index in [2.05, 4.69) is 9.71 Å². The number of fused-ring (bicyclic) bond motifs is 1. The van der Waals surface area contributed by atoms with Crippen LogP contribution >= 0.6 is 0 Å². The van der Waals surface area contributed by atoms with Crippen molar-refractivity contribution >= 4 is 15.7 Å². The lowest BCUT2D eigenvalue weighted by atomic mass is 10.1. The molecule has 0 unspecified atom stereocenters. The van der Waals surface area contributed by atoms with Crippen LogP contribution in [0.5, 0.6) is 0 Å². The van der Waals surface area contributed by atoms with Crippen LogP contribution in [0.25, 0.3) is 0 Å². The highest BCUT2D eigenvalue weighted by Gasteiger charge is 2.21.